The van der Waals surface area contributed by atoms with Crippen molar-refractivity contribution in [3.05, 3.63) is 46.8 Å². The number of thiazole rings is 1. The molecule has 1 N–H and O–H groups in total. The molecular weight excluding hydrogens is 611 g/mol. The SMILES string of the molecule is CN1CCN(C(=O)Cn2cc(Nc3nc4c(N5CC6CCC(C5)N6C(=O)c5cnc(CC(F)(F)F)s5)cccn4n3)cn2)CC1. The lowest BCUT2D eigenvalue weighted by Gasteiger charge is -2.41. The molecular formula is C28H32F3N11O2S. The first kappa shape index (κ1) is 29.5. The number of amides is 2. The molecule has 2 bridgehead atoms. The molecule has 7 rings (SSSR count). The summed E-state index contributed by atoms with van der Waals surface area (Å²) < 4.78 is 41.7. The first-order chi connectivity index (χ1) is 21.6. The highest BCUT2D eigenvalue weighted by Crippen LogP contribution is 2.36. The van der Waals surface area contributed by atoms with Gasteiger partial charge >= 0.3 is 6.18 Å². The van der Waals surface area contributed by atoms with Crippen LogP contribution in [0.4, 0.5) is 30.5 Å². The second-order valence-corrected chi connectivity index (χ2v) is 12.9. The van der Waals surface area contributed by atoms with Crippen LogP contribution in [0.15, 0.2) is 36.9 Å². The van der Waals surface area contributed by atoms with Gasteiger partial charge in [0.05, 0.1) is 30.2 Å². The molecule has 0 spiro atoms. The molecule has 0 aliphatic carbocycles. The molecule has 3 saturated heterocycles. The minimum absolute atomic E-state index is 0.0299. The molecule has 4 aromatic heterocycles. The number of fused-ring (bicyclic) bond motifs is 3. The fourth-order valence-corrected chi connectivity index (χ4v) is 7.24. The molecule has 3 aliphatic rings. The largest absolute Gasteiger partial charge is 0.395 e. The van der Waals surface area contributed by atoms with Gasteiger partial charge in [-0.25, -0.2) is 9.50 Å². The second-order valence-electron chi connectivity index (χ2n) is 11.7. The summed E-state index contributed by atoms with van der Waals surface area (Å²) in [5.74, 6) is 0.150. The van der Waals surface area contributed by atoms with Crippen molar-refractivity contribution in [2.24, 2.45) is 0 Å². The number of nitrogens with zero attached hydrogens (tertiary/aromatic N) is 10. The summed E-state index contributed by atoms with van der Waals surface area (Å²) in [6.07, 6.45) is 2.58. The van der Waals surface area contributed by atoms with Crippen LogP contribution in [0.25, 0.3) is 5.65 Å². The standard InChI is InChI=1S/C28H32F3N11O2S/c1-37-7-9-38(10-8-37)24(43)17-40-14-18(12-33-40)34-27-35-25-21(3-2-6-41(25)36-27)39-15-19-4-5-20(16-39)42(19)26(44)22-13-32-23(45-22)11-28(29,30)31/h2-3,6,12-14,19-20H,4-5,7-11,15-17H2,1H3,(H,34,36). The molecule has 0 aromatic carbocycles. The van der Waals surface area contributed by atoms with Crippen LogP contribution >= 0.6 is 11.3 Å². The van der Waals surface area contributed by atoms with Crippen molar-refractivity contribution < 1.29 is 22.8 Å². The highest BCUT2D eigenvalue weighted by molar-refractivity contribution is 7.13. The van der Waals surface area contributed by atoms with Crippen LogP contribution in [0, 0.1) is 0 Å². The zero-order valence-electron chi connectivity index (χ0n) is 24.5. The number of likely N-dealkylation sites (N-methyl/N-ethyl adjacent to an activating group) is 1. The number of anilines is 3. The van der Waals surface area contributed by atoms with Crippen LogP contribution in [0.3, 0.4) is 0 Å². The Labute approximate surface area is 260 Å². The Kier molecular flexibility index (Phi) is 7.59. The third kappa shape index (κ3) is 6.18. The minimum atomic E-state index is -4.37. The van der Waals surface area contributed by atoms with Crippen LogP contribution in [-0.4, -0.2) is 120 Å². The number of carbonyl (C=O) groups is 2. The van der Waals surface area contributed by atoms with Crippen LogP contribution in [0.1, 0.15) is 27.5 Å². The highest BCUT2D eigenvalue weighted by Gasteiger charge is 2.44. The molecule has 13 nitrogen and oxygen atoms in total. The van der Waals surface area contributed by atoms with E-state index in [1.165, 1.54) is 6.20 Å². The molecule has 0 radical (unpaired) electrons. The topological polar surface area (TPSA) is 120 Å². The van der Waals surface area contributed by atoms with Gasteiger partial charge in [0, 0.05) is 63.7 Å². The molecule has 45 heavy (non-hydrogen) atoms. The van der Waals surface area contributed by atoms with Crippen molar-refractivity contribution in [2.45, 2.75) is 44.1 Å². The fourth-order valence-electron chi connectivity index (χ4n) is 6.35. The van der Waals surface area contributed by atoms with E-state index in [0.717, 1.165) is 43.0 Å². The van der Waals surface area contributed by atoms with E-state index < -0.39 is 12.6 Å². The van der Waals surface area contributed by atoms with E-state index in [2.05, 4.69) is 30.3 Å². The van der Waals surface area contributed by atoms with Gasteiger partial charge in [0.1, 0.15) is 16.4 Å². The number of piperazine rings is 2. The number of halogens is 3. The number of aromatic nitrogens is 6. The molecule has 2 amide bonds. The third-order valence-electron chi connectivity index (χ3n) is 8.56. The number of nitrogens with one attached hydrogen (secondary N) is 1. The van der Waals surface area contributed by atoms with E-state index in [4.69, 9.17) is 4.98 Å². The fraction of sp³-hybridized carbons (Fsp3) is 0.500. The maximum atomic E-state index is 13.4. The average molecular weight is 644 g/mol. The monoisotopic (exact) mass is 643 g/mol. The summed E-state index contributed by atoms with van der Waals surface area (Å²) in [6, 6.07) is 3.70. The number of hydrogen-bond acceptors (Lipinski definition) is 10. The maximum Gasteiger partial charge on any atom is 0.395 e. The summed E-state index contributed by atoms with van der Waals surface area (Å²) in [5, 5.41) is 12.0. The van der Waals surface area contributed by atoms with Crippen molar-refractivity contribution in [2.75, 3.05) is 56.5 Å². The molecule has 17 heteroatoms. The lowest BCUT2D eigenvalue weighted by atomic mass is 10.1. The van der Waals surface area contributed by atoms with Gasteiger partial charge in [-0.15, -0.1) is 16.4 Å². The average Bonchev–Trinajstić information content (AvgIpc) is 3.78. The summed E-state index contributed by atoms with van der Waals surface area (Å²) in [6.45, 7) is 4.43. The quantitative estimate of drug-likeness (QED) is 0.324. The van der Waals surface area contributed by atoms with E-state index in [1.54, 1.807) is 21.6 Å². The Hall–Kier alpha value is -4.25. The Balaban J connectivity index is 1.02. The molecule has 2 unspecified atom stereocenters. The highest BCUT2D eigenvalue weighted by atomic mass is 32.1. The van der Waals surface area contributed by atoms with Crippen LogP contribution in [0.2, 0.25) is 0 Å². The van der Waals surface area contributed by atoms with Gasteiger partial charge in [0.2, 0.25) is 11.9 Å². The molecule has 3 aliphatic heterocycles. The summed E-state index contributed by atoms with van der Waals surface area (Å²) in [5.41, 5.74) is 2.18. The summed E-state index contributed by atoms with van der Waals surface area (Å²) >= 11 is 0.816. The lowest BCUT2D eigenvalue weighted by molar-refractivity contribution is -0.133. The molecule has 238 valence electrons. The first-order valence-electron chi connectivity index (χ1n) is 14.8. The Morgan fingerprint density at radius 1 is 1.09 bits per heavy atom. The number of alkyl halides is 3. The van der Waals surface area contributed by atoms with E-state index in [0.29, 0.717) is 43.5 Å². The second kappa shape index (κ2) is 11.6. The van der Waals surface area contributed by atoms with Gasteiger partial charge in [0.15, 0.2) is 5.65 Å². The van der Waals surface area contributed by atoms with Gasteiger partial charge in [0.25, 0.3) is 5.91 Å². The number of carbonyl (C=O) groups excluding carboxylic acids is 2. The predicted octanol–water partition coefficient (Wildman–Crippen LogP) is 2.50. The van der Waals surface area contributed by atoms with Crippen LogP contribution in [-0.2, 0) is 17.8 Å². The maximum absolute atomic E-state index is 13.4. The molecule has 0 saturated carbocycles. The zero-order valence-corrected chi connectivity index (χ0v) is 25.3. The third-order valence-corrected chi connectivity index (χ3v) is 9.54. The van der Waals surface area contributed by atoms with Gasteiger partial charge in [-0.05, 0) is 32.0 Å². The smallest absolute Gasteiger partial charge is 0.364 e. The van der Waals surface area contributed by atoms with Crippen molar-refractivity contribution in [1.29, 1.82) is 0 Å². The normalized spacial score (nSPS) is 20.8. The lowest BCUT2D eigenvalue weighted by Crippen LogP contribution is -2.55. The van der Waals surface area contributed by atoms with E-state index in [1.807, 2.05) is 35.2 Å². The van der Waals surface area contributed by atoms with E-state index in [9.17, 15) is 22.8 Å². The number of hydrogen-bond donors (Lipinski definition) is 1. The van der Waals surface area contributed by atoms with Gasteiger partial charge in [-0.1, -0.05) is 0 Å². The first-order valence-corrected chi connectivity index (χ1v) is 15.6. The van der Waals surface area contributed by atoms with Gasteiger partial charge in [-0.2, -0.15) is 23.3 Å². The van der Waals surface area contributed by atoms with Crippen LogP contribution < -0.4 is 10.2 Å². The zero-order chi connectivity index (χ0) is 31.3. The Morgan fingerprint density at radius 3 is 2.58 bits per heavy atom. The number of pyridine rings is 1. The van der Waals surface area contributed by atoms with Crippen molar-refractivity contribution in [3.63, 3.8) is 0 Å². The Bertz CT molecular complexity index is 1700. The van der Waals surface area contributed by atoms with E-state index >= 15 is 0 Å². The van der Waals surface area contributed by atoms with Crippen molar-refractivity contribution in [3.8, 4) is 0 Å². The molecule has 3 fully saturated rings. The van der Waals surface area contributed by atoms with Gasteiger partial charge in [-0.3, -0.25) is 14.3 Å². The van der Waals surface area contributed by atoms with Crippen molar-refractivity contribution >= 4 is 46.1 Å². The van der Waals surface area contributed by atoms with E-state index in [-0.39, 0.29) is 40.3 Å². The van der Waals surface area contributed by atoms with Crippen LogP contribution in [0.5, 0.6) is 0 Å². The van der Waals surface area contributed by atoms with Crippen molar-refractivity contribution in [1.82, 2.24) is 44.1 Å². The molecule has 2 atom stereocenters. The Morgan fingerprint density at radius 2 is 1.84 bits per heavy atom. The minimum Gasteiger partial charge on any atom is -0.364 e. The molecule has 7 heterocycles. The summed E-state index contributed by atoms with van der Waals surface area (Å²) in [4.78, 5) is 43.0. The summed E-state index contributed by atoms with van der Waals surface area (Å²) in [7, 11) is 2.05. The predicted molar refractivity (Wildman–Crippen MR) is 160 cm³/mol. The molecule has 4 aromatic rings. The number of rotatable bonds is 7. The van der Waals surface area contributed by atoms with Gasteiger partial charge < -0.3 is 24.9 Å².